The maximum atomic E-state index is 12.0. The first kappa shape index (κ1) is 14.0. The van der Waals surface area contributed by atoms with Crippen molar-refractivity contribution in [1.29, 1.82) is 0 Å². The number of benzene rings is 1. The lowest BCUT2D eigenvalue weighted by Gasteiger charge is -2.20. The molecule has 1 amide bonds. The molecule has 1 unspecified atom stereocenters. The van der Waals surface area contributed by atoms with Crippen molar-refractivity contribution in [2.45, 2.75) is 6.92 Å². The Balaban J connectivity index is 1.66. The van der Waals surface area contributed by atoms with E-state index >= 15 is 0 Å². The maximum Gasteiger partial charge on any atom is 0.241 e. The van der Waals surface area contributed by atoms with Crippen molar-refractivity contribution in [3.63, 3.8) is 0 Å². The summed E-state index contributed by atoms with van der Waals surface area (Å²) in [4.78, 5) is 31.4. The number of rotatable bonds is 4. The van der Waals surface area contributed by atoms with Gasteiger partial charge in [0.2, 0.25) is 11.9 Å². The van der Waals surface area contributed by atoms with Crippen LogP contribution in [-0.2, 0) is 4.79 Å². The molecule has 0 saturated heterocycles. The summed E-state index contributed by atoms with van der Waals surface area (Å²) in [6.45, 7) is 1.98. The van der Waals surface area contributed by atoms with Crippen LogP contribution >= 0.6 is 0 Å². The highest BCUT2D eigenvalue weighted by Gasteiger charge is 2.35. The van der Waals surface area contributed by atoms with Crippen LogP contribution in [0, 0.1) is 5.92 Å². The molecule has 0 fully saturated rings. The summed E-state index contributed by atoms with van der Waals surface area (Å²) >= 11 is 0. The average Bonchev–Trinajstić information content (AvgIpc) is 2.88. The number of fused-ring (bicyclic) bond motifs is 1. The number of hydrogen-bond acceptors (Lipinski definition) is 6. The van der Waals surface area contributed by atoms with Crippen molar-refractivity contribution in [2.75, 3.05) is 11.9 Å². The molecule has 112 valence electrons. The fourth-order valence-corrected chi connectivity index (χ4v) is 2.37. The van der Waals surface area contributed by atoms with Gasteiger partial charge in [0.1, 0.15) is 11.8 Å². The Bertz CT molecular complexity index is 731. The number of ketones is 1. The van der Waals surface area contributed by atoms with Crippen LogP contribution in [0.5, 0.6) is 0 Å². The number of carbonyl (C=O) groups is 2. The lowest BCUT2D eigenvalue weighted by molar-refractivity contribution is -0.120. The number of amides is 1. The zero-order chi connectivity index (χ0) is 15.7. The quantitative estimate of drug-likeness (QED) is 0.709. The summed E-state index contributed by atoms with van der Waals surface area (Å²) in [6, 6.07) is 7.16. The summed E-state index contributed by atoms with van der Waals surface area (Å²) in [5.74, 6) is -0.190. The number of amidine groups is 1. The Kier molecular flexibility index (Phi) is 3.46. The topological polar surface area (TPSA) is 109 Å². The Morgan fingerprint density at radius 2 is 2.09 bits per heavy atom. The van der Waals surface area contributed by atoms with Gasteiger partial charge in [-0.1, -0.05) is 0 Å². The molecule has 0 spiro atoms. The minimum atomic E-state index is -0.490. The number of guanidine groups is 1. The fourth-order valence-electron chi connectivity index (χ4n) is 2.37. The van der Waals surface area contributed by atoms with E-state index in [1.54, 1.807) is 18.3 Å². The van der Waals surface area contributed by atoms with Gasteiger partial charge in [-0.3, -0.25) is 14.9 Å². The molecule has 1 atom stereocenters. The molecule has 3 rings (SSSR count). The average molecular weight is 297 g/mol. The highest BCUT2D eigenvalue weighted by Crippen LogP contribution is 2.23. The second kappa shape index (κ2) is 5.44. The molecule has 22 heavy (non-hydrogen) atoms. The van der Waals surface area contributed by atoms with Crippen molar-refractivity contribution in [1.82, 2.24) is 5.32 Å². The molecule has 4 N–H and O–H groups in total. The largest absolute Gasteiger partial charge is 0.381 e. The van der Waals surface area contributed by atoms with E-state index in [0.717, 1.165) is 11.3 Å². The third-order valence-electron chi connectivity index (χ3n) is 3.53. The van der Waals surface area contributed by atoms with Crippen LogP contribution in [0.15, 0.2) is 46.0 Å². The van der Waals surface area contributed by atoms with E-state index in [0.29, 0.717) is 17.9 Å². The predicted molar refractivity (Wildman–Crippen MR) is 83.7 cm³/mol. The summed E-state index contributed by atoms with van der Waals surface area (Å²) in [5, 5.41) is 5.71. The molecule has 7 heteroatoms. The zero-order valence-corrected chi connectivity index (χ0v) is 12.0. The van der Waals surface area contributed by atoms with Crippen molar-refractivity contribution in [3.05, 3.63) is 41.6 Å². The van der Waals surface area contributed by atoms with Crippen molar-refractivity contribution < 1.29 is 9.59 Å². The third kappa shape index (κ3) is 2.60. The first-order chi connectivity index (χ1) is 10.5. The van der Waals surface area contributed by atoms with Crippen LogP contribution in [0.3, 0.4) is 0 Å². The highest BCUT2D eigenvalue weighted by molar-refractivity contribution is 6.19. The van der Waals surface area contributed by atoms with Crippen LogP contribution in [-0.4, -0.2) is 30.0 Å². The van der Waals surface area contributed by atoms with Gasteiger partial charge in [-0.05, 0) is 36.8 Å². The first-order valence-electron chi connectivity index (χ1n) is 6.81. The van der Waals surface area contributed by atoms with Gasteiger partial charge in [0.25, 0.3) is 0 Å². The van der Waals surface area contributed by atoms with Gasteiger partial charge in [-0.15, -0.1) is 0 Å². The molecule has 0 bridgehead atoms. The molecule has 0 saturated carbocycles. The normalized spacial score (nSPS) is 19.6. The van der Waals surface area contributed by atoms with E-state index in [9.17, 15) is 9.59 Å². The van der Waals surface area contributed by atoms with Crippen LogP contribution < -0.4 is 16.4 Å². The van der Waals surface area contributed by atoms with E-state index in [2.05, 4.69) is 20.6 Å². The van der Waals surface area contributed by atoms with E-state index < -0.39 is 5.92 Å². The third-order valence-corrected chi connectivity index (χ3v) is 3.53. The van der Waals surface area contributed by atoms with Crippen LogP contribution in [0.1, 0.15) is 17.3 Å². The summed E-state index contributed by atoms with van der Waals surface area (Å²) < 4.78 is 0. The molecule has 2 aliphatic rings. The summed E-state index contributed by atoms with van der Waals surface area (Å²) in [5.41, 5.74) is 7.84. The molecular formula is C15H15N5O2. The number of anilines is 1. The van der Waals surface area contributed by atoms with Gasteiger partial charge < -0.3 is 11.1 Å². The standard InChI is InChI=1S/C15H15N5O2/c1-8(21)9-2-4-11(5-3-9)17-6-10-7-18-13-12(10)14(22)20-15(16)19-13/h2-5,7,12,17H,6H2,1H3,(H3,16,18,19,20,22). The van der Waals surface area contributed by atoms with Crippen LogP contribution in [0.25, 0.3) is 0 Å². The van der Waals surface area contributed by atoms with E-state index in [1.807, 2.05) is 12.1 Å². The lowest BCUT2D eigenvalue weighted by Crippen LogP contribution is -2.47. The van der Waals surface area contributed by atoms with Gasteiger partial charge in [0.15, 0.2) is 5.78 Å². The number of hydrogen-bond donors (Lipinski definition) is 3. The van der Waals surface area contributed by atoms with Gasteiger partial charge in [-0.25, -0.2) is 4.99 Å². The molecular weight excluding hydrogens is 282 g/mol. The fraction of sp³-hybridized carbons (Fsp3) is 0.200. The first-order valence-corrected chi connectivity index (χ1v) is 6.81. The van der Waals surface area contributed by atoms with Crippen molar-refractivity contribution in [2.24, 2.45) is 21.6 Å². The number of nitrogens with zero attached hydrogens (tertiary/aromatic N) is 2. The zero-order valence-electron chi connectivity index (χ0n) is 12.0. The lowest BCUT2D eigenvalue weighted by atomic mass is 9.98. The maximum absolute atomic E-state index is 12.0. The Morgan fingerprint density at radius 1 is 1.36 bits per heavy atom. The SMILES string of the molecule is CC(=O)c1ccc(NCC2=CN=C3N=C(N)NC(=O)C23)cc1. The van der Waals surface area contributed by atoms with Crippen molar-refractivity contribution >= 4 is 29.2 Å². The number of nitrogens with two attached hydrogens (primary N) is 1. The minimum Gasteiger partial charge on any atom is -0.381 e. The number of nitrogens with one attached hydrogen (secondary N) is 2. The highest BCUT2D eigenvalue weighted by atomic mass is 16.2. The van der Waals surface area contributed by atoms with Gasteiger partial charge in [-0.2, -0.15) is 4.99 Å². The van der Waals surface area contributed by atoms with Crippen LogP contribution in [0.2, 0.25) is 0 Å². The molecule has 0 radical (unpaired) electrons. The molecule has 1 aromatic carbocycles. The summed E-state index contributed by atoms with van der Waals surface area (Å²) in [6.07, 6.45) is 1.64. The second-order valence-electron chi connectivity index (χ2n) is 5.10. The number of carbonyl (C=O) groups excluding carboxylic acids is 2. The smallest absolute Gasteiger partial charge is 0.241 e. The Morgan fingerprint density at radius 3 is 2.77 bits per heavy atom. The van der Waals surface area contributed by atoms with Crippen molar-refractivity contribution in [3.8, 4) is 0 Å². The van der Waals surface area contributed by atoms with E-state index in [1.165, 1.54) is 6.92 Å². The Hall–Kier alpha value is -2.96. The molecule has 7 nitrogen and oxygen atoms in total. The Labute approximate surface area is 127 Å². The van der Waals surface area contributed by atoms with E-state index in [4.69, 9.17) is 5.73 Å². The second-order valence-corrected chi connectivity index (χ2v) is 5.10. The predicted octanol–water partition coefficient (Wildman–Crippen LogP) is 0.658. The molecule has 1 aromatic rings. The number of Topliss-reactive ketones (excluding diaryl/α,β-unsaturated/α-hetero) is 1. The van der Waals surface area contributed by atoms with E-state index in [-0.39, 0.29) is 17.6 Å². The van der Waals surface area contributed by atoms with Gasteiger partial charge >= 0.3 is 0 Å². The monoisotopic (exact) mass is 297 g/mol. The molecule has 0 aromatic heterocycles. The molecule has 2 aliphatic heterocycles. The van der Waals surface area contributed by atoms with Gasteiger partial charge in [0, 0.05) is 24.0 Å². The number of aliphatic imine (C=N–C) groups is 2. The summed E-state index contributed by atoms with van der Waals surface area (Å²) in [7, 11) is 0. The van der Waals surface area contributed by atoms with Crippen LogP contribution in [0.4, 0.5) is 5.69 Å². The van der Waals surface area contributed by atoms with Gasteiger partial charge in [0.05, 0.1) is 0 Å². The molecule has 2 heterocycles. The molecule has 0 aliphatic carbocycles. The minimum absolute atomic E-state index is 0.0254.